The van der Waals surface area contributed by atoms with Crippen molar-refractivity contribution in [2.75, 3.05) is 19.5 Å². The van der Waals surface area contributed by atoms with Crippen molar-refractivity contribution in [2.45, 2.75) is 0 Å². The lowest BCUT2D eigenvalue weighted by atomic mass is 10.0. The molecule has 7 heteroatoms. The van der Waals surface area contributed by atoms with E-state index in [0.29, 0.717) is 32.6 Å². The van der Waals surface area contributed by atoms with Crippen LogP contribution < -0.4 is 14.8 Å². The average molecular weight is 402 g/mol. The largest absolute Gasteiger partial charge is 0.493 e. The third-order valence-electron chi connectivity index (χ3n) is 3.88. The first-order chi connectivity index (χ1) is 13.0. The van der Waals surface area contributed by atoms with Gasteiger partial charge in [-0.3, -0.25) is 9.59 Å². The van der Waals surface area contributed by atoms with E-state index >= 15 is 0 Å². The Morgan fingerprint density at radius 3 is 2.30 bits per heavy atom. The van der Waals surface area contributed by atoms with Crippen molar-refractivity contribution in [3.8, 4) is 11.5 Å². The number of halogens is 1. The number of nitrogens with one attached hydrogen (secondary N) is 1. The van der Waals surface area contributed by atoms with E-state index in [0.717, 1.165) is 0 Å². The summed E-state index contributed by atoms with van der Waals surface area (Å²) in [6.07, 6.45) is 0. The third-order valence-corrected chi connectivity index (χ3v) is 5.08. The van der Waals surface area contributed by atoms with Gasteiger partial charge in [-0.15, -0.1) is 11.3 Å². The molecule has 0 aliphatic rings. The molecular weight excluding hydrogens is 386 g/mol. The number of ether oxygens (including phenoxy) is 2. The average Bonchev–Trinajstić information content (AvgIpc) is 3.22. The molecule has 1 N–H and O–H groups in total. The zero-order valence-corrected chi connectivity index (χ0v) is 16.2. The van der Waals surface area contributed by atoms with Gasteiger partial charge in [-0.2, -0.15) is 0 Å². The van der Waals surface area contributed by atoms with Crippen molar-refractivity contribution in [3.05, 3.63) is 74.9 Å². The van der Waals surface area contributed by atoms with Gasteiger partial charge in [0.2, 0.25) is 0 Å². The van der Waals surface area contributed by atoms with E-state index in [4.69, 9.17) is 21.1 Å². The summed E-state index contributed by atoms with van der Waals surface area (Å²) in [6, 6.07) is 13.3. The van der Waals surface area contributed by atoms with Crippen LogP contribution in [0, 0.1) is 0 Å². The Labute approximate surface area is 165 Å². The smallest absolute Gasteiger partial charge is 0.265 e. The second-order valence-electron chi connectivity index (χ2n) is 5.49. The van der Waals surface area contributed by atoms with Gasteiger partial charge < -0.3 is 14.8 Å². The quantitative estimate of drug-likeness (QED) is 0.596. The number of carbonyl (C=O) groups is 2. The molecule has 1 heterocycles. The van der Waals surface area contributed by atoms with E-state index in [2.05, 4.69) is 5.32 Å². The Morgan fingerprint density at radius 2 is 1.67 bits per heavy atom. The van der Waals surface area contributed by atoms with E-state index < -0.39 is 0 Å². The number of ketones is 1. The number of thiophene rings is 1. The van der Waals surface area contributed by atoms with Gasteiger partial charge in [-0.25, -0.2) is 0 Å². The van der Waals surface area contributed by atoms with Crippen LogP contribution in [0.15, 0.2) is 53.9 Å². The Hall–Kier alpha value is -2.83. The maximum atomic E-state index is 13.1. The van der Waals surface area contributed by atoms with Crippen LogP contribution in [0.25, 0.3) is 0 Å². The number of carbonyl (C=O) groups excluding carboxylic acids is 2. The molecule has 0 radical (unpaired) electrons. The molecular formula is C20H16ClNO4S. The number of rotatable bonds is 6. The summed E-state index contributed by atoms with van der Waals surface area (Å²) in [5, 5.41) is 4.91. The molecule has 0 saturated carbocycles. The van der Waals surface area contributed by atoms with Gasteiger partial charge in [-0.05, 0) is 29.6 Å². The molecule has 2 aromatic carbocycles. The predicted molar refractivity (Wildman–Crippen MR) is 107 cm³/mol. The molecule has 0 saturated heterocycles. The van der Waals surface area contributed by atoms with Crippen LogP contribution in [0.4, 0.5) is 5.69 Å². The molecule has 0 unspecified atom stereocenters. The first-order valence-electron chi connectivity index (χ1n) is 7.95. The molecule has 27 heavy (non-hydrogen) atoms. The zero-order chi connectivity index (χ0) is 19.4. The van der Waals surface area contributed by atoms with E-state index in [1.807, 2.05) is 0 Å². The van der Waals surface area contributed by atoms with Crippen LogP contribution in [0.3, 0.4) is 0 Å². The summed E-state index contributed by atoms with van der Waals surface area (Å²) in [6.45, 7) is 0. The lowest BCUT2D eigenvalue weighted by Gasteiger charge is -2.15. The molecule has 0 aliphatic heterocycles. The molecule has 0 bridgehead atoms. The molecule has 138 valence electrons. The topological polar surface area (TPSA) is 64.6 Å². The van der Waals surface area contributed by atoms with E-state index in [9.17, 15) is 9.59 Å². The number of anilines is 1. The number of benzene rings is 2. The van der Waals surface area contributed by atoms with Crippen LogP contribution in [0.5, 0.6) is 11.5 Å². The standard InChI is InChI=1S/C20H16ClNO4S/c1-25-16-10-13(19(23)12-6-3-4-7-14(12)21)15(11-17(16)26-2)22-20(24)18-8-5-9-27-18/h3-11H,1-2H3,(H,22,24). The maximum Gasteiger partial charge on any atom is 0.265 e. The monoisotopic (exact) mass is 401 g/mol. The van der Waals surface area contributed by atoms with Crippen molar-refractivity contribution in [2.24, 2.45) is 0 Å². The summed E-state index contributed by atoms with van der Waals surface area (Å²) in [5.74, 6) is 0.130. The highest BCUT2D eigenvalue weighted by molar-refractivity contribution is 7.12. The number of hydrogen-bond acceptors (Lipinski definition) is 5. The Balaban J connectivity index is 2.09. The third kappa shape index (κ3) is 3.97. The number of hydrogen-bond donors (Lipinski definition) is 1. The second kappa shape index (κ2) is 8.24. The Morgan fingerprint density at radius 1 is 0.963 bits per heavy atom. The SMILES string of the molecule is COc1cc(NC(=O)c2cccs2)c(C(=O)c2ccccc2Cl)cc1OC. The minimum atomic E-state index is -0.331. The molecule has 0 aliphatic carbocycles. The molecule has 0 fully saturated rings. The lowest BCUT2D eigenvalue weighted by molar-refractivity contribution is 0.103. The highest BCUT2D eigenvalue weighted by Gasteiger charge is 2.21. The minimum absolute atomic E-state index is 0.255. The number of methoxy groups -OCH3 is 2. The van der Waals surface area contributed by atoms with Gasteiger partial charge in [-0.1, -0.05) is 29.8 Å². The first kappa shape index (κ1) is 18.9. The van der Waals surface area contributed by atoms with Crippen LogP contribution in [0.1, 0.15) is 25.6 Å². The molecule has 3 rings (SSSR count). The molecule has 1 amide bonds. The molecule has 3 aromatic rings. The highest BCUT2D eigenvalue weighted by Crippen LogP contribution is 2.35. The molecule has 0 spiro atoms. The maximum absolute atomic E-state index is 13.1. The van der Waals surface area contributed by atoms with Crippen LogP contribution in [0.2, 0.25) is 5.02 Å². The summed E-state index contributed by atoms with van der Waals surface area (Å²) in [4.78, 5) is 26.1. The normalized spacial score (nSPS) is 10.3. The summed E-state index contributed by atoms with van der Waals surface area (Å²) in [5.41, 5.74) is 0.902. The van der Waals surface area contributed by atoms with E-state index in [1.54, 1.807) is 47.8 Å². The fourth-order valence-corrected chi connectivity index (χ4v) is 3.39. The molecule has 0 atom stereocenters. The van der Waals surface area contributed by atoms with Gasteiger partial charge in [0, 0.05) is 11.6 Å². The fraction of sp³-hybridized carbons (Fsp3) is 0.100. The minimum Gasteiger partial charge on any atom is -0.493 e. The fourth-order valence-electron chi connectivity index (χ4n) is 2.55. The summed E-state index contributed by atoms with van der Waals surface area (Å²) in [7, 11) is 2.96. The Bertz CT molecular complexity index is 986. The van der Waals surface area contributed by atoms with Gasteiger partial charge in [0.15, 0.2) is 17.3 Å². The summed E-state index contributed by atoms with van der Waals surface area (Å²) >= 11 is 7.49. The van der Waals surface area contributed by atoms with Gasteiger partial charge in [0.05, 0.1) is 35.4 Å². The van der Waals surface area contributed by atoms with Crippen molar-refractivity contribution >= 4 is 40.3 Å². The van der Waals surface area contributed by atoms with Gasteiger partial charge in [0.1, 0.15) is 0 Å². The first-order valence-corrected chi connectivity index (χ1v) is 9.21. The second-order valence-corrected chi connectivity index (χ2v) is 6.85. The molecule has 1 aromatic heterocycles. The van der Waals surface area contributed by atoms with E-state index in [-0.39, 0.29) is 17.3 Å². The van der Waals surface area contributed by atoms with Crippen molar-refractivity contribution in [3.63, 3.8) is 0 Å². The van der Waals surface area contributed by atoms with Crippen molar-refractivity contribution in [1.82, 2.24) is 0 Å². The summed E-state index contributed by atoms with van der Waals surface area (Å²) < 4.78 is 10.6. The van der Waals surface area contributed by atoms with Crippen molar-refractivity contribution in [1.29, 1.82) is 0 Å². The van der Waals surface area contributed by atoms with Crippen LogP contribution >= 0.6 is 22.9 Å². The highest BCUT2D eigenvalue weighted by atomic mass is 35.5. The van der Waals surface area contributed by atoms with Crippen LogP contribution in [-0.4, -0.2) is 25.9 Å². The zero-order valence-electron chi connectivity index (χ0n) is 14.6. The Kier molecular flexibility index (Phi) is 5.78. The number of amides is 1. The van der Waals surface area contributed by atoms with Crippen molar-refractivity contribution < 1.29 is 19.1 Å². The van der Waals surface area contributed by atoms with Crippen LogP contribution in [-0.2, 0) is 0 Å². The van der Waals surface area contributed by atoms with Gasteiger partial charge in [0.25, 0.3) is 5.91 Å². The van der Waals surface area contributed by atoms with E-state index in [1.165, 1.54) is 31.6 Å². The predicted octanol–water partition coefficient (Wildman–Crippen LogP) is 4.90. The van der Waals surface area contributed by atoms with Gasteiger partial charge >= 0.3 is 0 Å². The molecule has 5 nitrogen and oxygen atoms in total. The lowest BCUT2D eigenvalue weighted by Crippen LogP contribution is -2.15.